The van der Waals surface area contributed by atoms with Gasteiger partial charge in [0.25, 0.3) is 0 Å². The lowest BCUT2D eigenvalue weighted by molar-refractivity contribution is 0.186. The molecule has 0 bridgehead atoms. The van der Waals surface area contributed by atoms with E-state index in [4.69, 9.17) is 20.4 Å². The zero-order valence-corrected chi connectivity index (χ0v) is 6.51. The number of hydrogen-bond donors (Lipinski definition) is 4. The molecule has 0 aliphatic rings. The first-order valence-electron chi connectivity index (χ1n) is 3.41. The highest BCUT2D eigenvalue weighted by molar-refractivity contribution is 5.36. The van der Waals surface area contributed by atoms with Gasteiger partial charge in [0, 0.05) is 0 Å². The third-order valence-corrected chi connectivity index (χ3v) is 0.982. The summed E-state index contributed by atoms with van der Waals surface area (Å²) in [5, 5.41) is 32.6. The lowest BCUT2D eigenvalue weighted by Crippen LogP contribution is -1.85. The Morgan fingerprint density at radius 3 is 1.33 bits per heavy atom. The molecular formula is C8H12O4. The van der Waals surface area contributed by atoms with E-state index in [-0.39, 0.29) is 24.7 Å². The SMILES string of the molecule is OCCO.Oc1ccccc1O. The van der Waals surface area contributed by atoms with Crippen molar-refractivity contribution in [3.63, 3.8) is 0 Å². The average Bonchev–Trinajstić information content (AvgIpc) is 2.11. The van der Waals surface area contributed by atoms with Gasteiger partial charge in [0.05, 0.1) is 13.2 Å². The van der Waals surface area contributed by atoms with Crippen LogP contribution in [-0.2, 0) is 0 Å². The van der Waals surface area contributed by atoms with Gasteiger partial charge < -0.3 is 20.4 Å². The lowest BCUT2D eigenvalue weighted by atomic mass is 10.3. The topological polar surface area (TPSA) is 80.9 Å². The predicted octanol–water partition coefficient (Wildman–Crippen LogP) is 0.0688. The van der Waals surface area contributed by atoms with E-state index in [1.54, 1.807) is 12.1 Å². The molecule has 4 heteroatoms. The van der Waals surface area contributed by atoms with Gasteiger partial charge in [-0.15, -0.1) is 0 Å². The Morgan fingerprint density at radius 1 is 0.833 bits per heavy atom. The first kappa shape index (κ1) is 10.7. The Bertz CT molecular complexity index is 189. The van der Waals surface area contributed by atoms with Gasteiger partial charge in [0.15, 0.2) is 11.5 Å². The van der Waals surface area contributed by atoms with Crippen molar-refractivity contribution in [2.75, 3.05) is 13.2 Å². The molecule has 0 amide bonds. The normalized spacial score (nSPS) is 8.50. The second kappa shape index (κ2) is 6.45. The summed E-state index contributed by atoms with van der Waals surface area (Å²) in [6.45, 7) is -0.250. The van der Waals surface area contributed by atoms with Crippen molar-refractivity contribution in [2.45, 2.75) is 0 Å². The summed E-state index contributed by atoms with van der Waals surface area (Å²) in [5.41, 5.74) is 0. The van der Waals surface area contributed by atoms with Gasteiger partial charge in [0.1, 0.15) is 0 Å². The third-order valence-electron chi connectivity index (χ3n) is 0.982. The van der Waals surface area contributed by atoms with Gasteiger partial charge in [-0.1, -0.05) is 12.1 Å². The zero-order valence-electron chi connectivity index (χ0n) is 6.51. The van der Waals surface area contributed by atoms with Crippen molar-refractivity contribution in [1.29, 1.82) is 0 Å². The molecule has 1 aromatic carbocycles. The molecule has 0 heterocycles. The first-order valence-corrected chi connectivity index (χ1v) is 3.41. The second-order valence-corrected chi connectivity index (χ2v) is 1.94. The molecule has 4 nitrogen and oxygen atoms in total. The molecule has 0 spiro atoms. The molecule has 0 aliphatic heterocycles. The largest absolute Gasteiger partial charge is 0.504 e. The maximum Gasteiger partial charge on any atom is 0.157 e. The molecule has 0 fully saturated rings. The molecular weight excluding hydrogens is 160 g/mol. The summed E-state index contributed by atoms with van der Waals surface area (Å²) in [4.78, 5) is 0. The van der Waals surface area contributed by atoms with Crippen LogP contribution in [0.2, 0.25) is 0 Å². The summed E-state index contributed by atoms with van der Waals surface area (Å²) in [6, 6.07) is 6.15. The van der Waals surface area contributed by atoms with Crippen LogP contribution in [0.4, 0.5) is 0 Å². The van der Waals surface area contributed by atoms with E-state index < -0.39 is 0 Å². The number of phenolic OH excluding ortho intramolecular Hbond substituents is 2. The van der Waals surface area contributed by atoms with Crippen molar-refractivity contribution < 1.29 is 20.4 Å². The number of hydrogen-bond acceptors (Lipinski definition) is 4. The molecule has 1 aromatic rings. The first-order chi connectivity index (χ1) is 5.72. The lowest BCUT2D eigenvalue weighted by Gasteiger charge is -1.91. The van der Waals surface area contributed by atoms with E-state index in [1.807, 2.05) is 0 Å². The molecule has 0 unspecified atom stereocenters. The van der Waals surface area contributed by atoms with Crippen LogP contribution in [0, 0.1) is 0 Å². The van der Waals surface area contributed by atoms with Gasteiger partial charge >= 0.3 is 0 Å². The Labute approximate surface area is 70.3 Å². The van der Waals surface area contributed by atoms with E-state index in [0.717, 1.165) is 0 Å². The average molecular weight is 172 g/mol. The minimum absolute atomic E-state index is 0.0764. The predicted molar refractivity (Wildman–Crippen MR) is 43.9 cm³/mol. The van der Waals surface area contributed by atoms with Crippen molar-refractivity contribution in [3.05, 3.63) is 24.3 Å². The van der Waals surface area contributed by atoms with Crippen LogP contribution in [0.3, 0.4) is 0 Å². The van der Waals surface area contributed by atoms with E-state index in [0.29, 0.717) is 0 Å². The molecule has 4 N–H and O–H groups in total. The summed E-state index contributed by atoms with van der Waals surface area (Å²) < 4.78 is 0. The second-order valence-electron chi connectivity index (χ2n) is 1.94. The number of benzene rings is 1. The van der Waals surface area contributed by atoms with Crippen molar-refractivity contribution >= 4 is 0 Å². The van der Waals surface area contributed by atoms with Gasteiger partial charge in [-0.05, 0) is 12.1 Å². The van der Waals surface area contributed by atoms with Crippen LogP contribution < -0.4 is 0 Å². The smallest absolute Gasteiger partial charge is 0.157 e. The number of para-hydroxylation sites is 2. The standard InChI is InChI=1S/C6H6O2.C2H6O2/c7-5-3-1-2-4-6(5)8;3-1-2-4/h1-4,7-8H;3-4H,1-2H2. The molecule has 1 rings (SSSR count). The Balaban J connectivity index is 0.000000261. The minimum Gasteiger partial charge on any atom is -0.504 e. The summed E-state index contributed by atoms with van der Waals surface area (Å²) in [7, 11) is 0. The van der Waals surface area contributed by atoms with Crippen LogP contribution in [-0.4, -0.2) is 33.6 Å². The number of phenols is 2. The highest BCUT2D eigenvalue weighted by Crippen LogP contribution is 2.21. The van der Waals surface area contributed by atoms with Crippen molar-refractivity contribution in [3.8, 4) is 11.5 Å². The monoisotopic (exact) mass is 172 g/mol. The van der Waals surface area contributed by atoms with Crippen LogP contribution in [0.1, 0.15) is 0 Å². The number of aromatic hydroxyl groups is 2. The number of aliphatic hydroxyl groups excluding tert-OH is 2. The maximum atomic E-state index is 8.67. The van der Waals surface area contributed by atoms with Crippen LogP contribution >= 0.6 is 0 Å². The van der Waals surface area contributed by atoms with Gasteiger partial charge in [-0.25, -0.2) is 0 Å². The molecule has 0 radical (unpaired) electrons. The highest BCUT2D eigenvalue weighted by Gasteiger charge is 1.90. The minimum atomic E-state index is -0.125. The molecule has 12 heavy (non-hydrogen) atoms. The third kappa shape index (κ3) is 4.54. The maximum absolute atomic E-state index is 8.67. The quantitative estimate of drug-likeness (QED) is 0.452. The number of rotatable bonds is 1. The molecule has 0 aromatic heterocycles. The van der Waals surface area contributed by atoms with Crippen LogP contribution in [0.5, 0.6) is 11.5 Å². The van der Waals surface area contributed by atoms with Crippen LogP contribution in [0.15, 0.2) is 24.3 Å². The summed E-state index contributed by atoms with van der Waals surface area (Å²) in [6.07, 6.45) is 0. The zero-order chi connectivity index (χ0) is 9.40. The highest BCUT2D eigenvalue weighted by atomic mass is 16.3. The summed E-state index contributed by atoms with van der Waals surface area (Å²) >= 11 is 0. The fraction of sp³-hybridized carbons (Fsp3) is 0.250. The van der Waals surface area contributed by atoms with Gasteiger partial charge in [-0.3, -0.25) is 0 Å². The van der Waals surface area contributed by atoms with E-state index in [1.165, 1.54) is 12.1 Å². The Kier molecular flexibility index (Phi) is 5.77. The molecule has 68 valence electrons. The van der Waals surface area contributed by atoms with Crippen LogP contribution in [0.25, 0.3) is 0 Å². The molecule has 0 saturated heterocycles. The summed E-state index contributed by atoms with van der Waals surface area (Å²) in [5.74, 6) is -0.153. The fourth-order valence-corrected chi connectivity index (χ4v) is 0.464. The van der Waals surface area contributed by atoms with E-state index in [2.05, 4.69) is 0 Å². The fourth-order valence-electron chi connectivity index (χ4n) is 0.464. The van der Waals surface area contributed by atoms with Crippen molar-refractivity contribution in [1.82, 2.24) is 0 Å². The Morgan fingerprint density at radius 2 is 1.17 bits per heavy atom. The van der Waals surface area contributed by atoms with Gasteiger partial charge in [0.2, 0.25) is 0 Å². The van der Waals surface area contributed by atoms with Gasteiger partial charge in [-0.2, -0.15) is 0 Å². The molecule has 0 saturated carbocycles. The Hall–Kier alpha value is -1.26. The molecule has 0 atom stereocenters. The van der Waals surface area contributed by atoms with E-state index in [9.17, 15) is 0 Å². The van der Waals surface area contributed by atoms with Crippen molar-refractivity contribution in [2.24, 2.45) is 0 Å². The van der Waals surface area contributed by atoms with E-state index >= 15 is 0 Å². The molecule has 0 aliphatic carbocycles. The number of aliphatic hydroxyl groups is 2.